The third kappa shape index (κ3) is 6.57. The van der Waals surface area contributed by atoms with Crippen molar-refractivity contribution in [1.29, 1.82) is 0 Å². The van der Waals surface area contributed by atoms with Gasteiger partial charge in [-0.3, -0.25) is 4.90 Å². The van der Waals surface area contributed by atoms with Crippen LogP contribution in [-0.4, -0.2) is 46.1 Å². The van der Waals surface area contributed by atoms with Gasteiger partial charge in [-0.05, 0) is 58.8 Å². The molecule has 118 valence electrons. The molecule has 0 aliphatic heterocycles. The van der Waals surface area contributed by atoms with Crippen LogP contribution in [0.25, 0.3) is 10.4 Å². The summed E-state index contributed by atoms with van der Waals surface area (Å²) in [6, 6.07) is 0. The summed E-state index contributed by atoms with van der Waals surface area (Å²) in [5.41, 5.74) is 14.8. The van der Waals surface area contributed by atoms with E-state index in [0.29, 0.717) is 13.1 Å². The van der Waals surface area contributed by atoms with Gasteiger partial charge in [0.2, 0.25) is 0 Å². The van der Waals surface area contributed by atoms with Crippen LogP contribution in [0.1, 0.15) is 39.3 Å². The van der Waals surface area contributed by atoms with Crippen LogP contribution in [0.15, 0.2) is 11.3 Å². The van der Waals surface area contributed by atoms with Crippen molar-refractivity contribution in [3.05, 3.63) is 22.3 Å². The minimum atomic E-state index is -0.0607. The average molecular weight is 294 g/mol. The van der Waals surface area contributed by atoms with Gasteiger partial charge in [-0.25, -0.2) is 4.68 Å². The van der Waals surface area contributed by atoms with E-state index in [1.165, 1.54) is 0 Å². The number of nitrogens with two attached hydrogens (primary N) is 1. The second-order valence-corrected chi connectivity index (χ2v) is 6.05. The topological polar surface area (TPSA) is 109 Å². The Labute approximate surface area is 125 Å². The molecule has 1 heterocycles. The summed E-state index contributed by atoms with van der Waals surface area (Å²) in [6.45, 7) is 9.99. The minimum absolute atomic E-state index is 0.0607. The molecule has 8 nitrogen and oxygen atoms in total. The first kappa shape index (κ1) is 17.4. The maximum absolute atomic E-state index is 8.29. The summed E-state index contributed by atoms with van der Waals surface area (Å²) in [7, 11) is 0. The fourth-order valence-electron chi connectivity index (χ4n) is 1.92. The van der Waals surface area contributed by atoms with E-state index >= 15 is 0 Å². The van der Waals surface area contributed by atoms with E-state index < -0.39 is 0 Å². The summed E-state index contributed by atoms with van der Waals surface area (Å²) in [4.78, 5) is 5.04. The molecule has 0 bridgehead atoms. The predicted molar refractivity (Wildman–Crippen MR) is 82.6 cm³/mol. The molecule has 0 aliphatic carbocycles. The van der Waals surface area contributed by atoms with Crippen molar-refractivity contribution in [3.8, 4) is 0 Å². The minimum Gasteiger partial charge on any atom is -0.330 e. The van der Waals surface area contributed by atoms with Crippen molar-refractivity contribution in [2.75, 3.05) is 26.2 Å². The summed E-state index contributed by atoms with van der Waals surface area (Å²) in [6.07, 6.45) is 3.76. The molecular formula is C13H26N8. The standard InChI is InChI=1S/C13H26N8/c1-13(2,3)21-11-12(17-19-21)10-20(8-4-6-14)9-5-7-16-18-15/h11H,4-10,14H2,1-3H3. The molecular weight excluding hydrogens is 268 g/mol. The van der Waals surface area contributed by atoms with E-state index in [-0.39, 0.29) is 5.54 Å². The predicted octanol–water partition coefficient (Wildman–Crippen LogP) is 1.88. The summed E-state index contributed by atoms with van der Waals surface area (Å²) >= 11 is 0. The molecule has 0 saturated carbocycles. The maximum Gasteiger partial charge on any atom is 0.0967 e. The number of rotatable bonds is 9. The van der Waals surface area contributed by atoms with Gasteiger partial charge in [0.25, 0.3) is 0 Å². The number of aromatic nitrogens is 3. The SMILES string of the molecule is CC(C)(C)n1cc(CN(CCCN)CCCN=[N+]=[N-])nn1. The lowest BCUT2D eigenvalue weighted by Crippen LogP contribution is -2.27. The molecule has 2 N–H and O–H groups in total. The Morgan fingerprint density at radius 1 is 1.38 bits per heavy atom. The van der Waals surface area contributed by atoms with Crippen LogP contribution in [-0.2, 0) is 12.1 Å². The van der Waals surface area contributed by atoms with Crippen LogP contribution in [0.3, 0.4) is 0 Å². The highest BCUT2D eigenvalue weighted by atomic mass is 15.4. The van der Waals surface area contributed by atoms with E-state index in [0.717, 1.165) is 38.2 Å². The van der Waals surface area contributed by atoms with Gasteiger partial charge < -0.3 is 5.73 Å². The van der Waals surface area contributed by atoms with Gasteiger partial charge in [-0.2, -0.15) is 0 Å². The Kier molecular flexibility index (Phi) is 7.14. The number of azide groups is 1. The van der Waals surface area contributed by atoms with E-state index in [4.69, 9.17) is 11.3 Å². The van der Waals surface area contributed by atoms with Gasteiger partial charge in [0.1, 0.15) is 0 Å². The molecule has 1 aromatic rings. The Balaban J connectivity index is 2.58. The third-order valence-corrected chi connectivity index (χ3v) is 3.09. The molecule has 0 unspecified atom stereocenters. The molecule has 0 aromatic carbocycles. The molecule has 0 aliphatic rings. The van der Waals surface area contributed by atoms with Crippen molar-refractivity contribution >= 4 is 0 Å². The van der Waals surface area contributed by atoms with Crippen molar-refractivity contribution in [3.63, 3.8) is 0 Å². The number of hydrogen-bond acceptors (Lipinski definition) is 5. The number of nitrogens with zero attached hydrogens (tertiary/aromatic N) is 7. The highest BCUT2D eigenvalue weighted by Gasteiger charge is 2.16. The van der Waals surface area contributed by atoms with E-state index in [2.05, 4.69) is 46.0 Å². The number of hydrogen-bond donors (Lipinski definition) is 1. The van der Waals surface area contributed by atoms with Crippen molar-refractivity contribution in [2.45, 2.75) is 45.7 Å². The lowest BCUT2D eigenvalue weighted by atomic mass is 10.1. The lowest BCUT2D eigenvalue weighted by Gasteiger charge is -2.20. The monoisotopic (exact) mass is 294 g/mol. The first-order valence-corrected chi connectivity index (χ1v) is 7.32. The van der Waals surface area contributed by atoms with Crippen molar-refractivity contribution in [2.24, 2.45) is 10.8 Å². The van der Waals surface area contributed by atoms with Gasteiger partial charge in [-0.15, -0.1) is 5.10 Å². The molecule has 1 aromatic heterocycles. The summed E-state index contributed by atoms with van der Waals surface area (Å²) in [5.74, 6) is 0. The molecule has 0 spiro atoms. The quantitative estimate of drug-likeness (QED) is 0.324. The fourth-order valence-corrected chi connectivity index (χ4v) is 1.92. The first-order valence-electron chi connectivity index (χ1n) is 7.32. The zero-order valence-electron chi connectivity index (χ0n) is 13.2. The zero-order chi connectivity index (χ0) is 15.7. The van der Waals surface area contributed by atoms with Crippen molar-refractivity contribution in [1.82, 2.24) is 19.9 Å². The highest BCUT2D eigenvalue weighted by Crippen LogP contribution is 2.12. The smallest absolute Gasteiger partial charge is 0.0967 e. The third-order valence-electron chi connectivity index (χ3n) is 3.09. The van der Waals surface area contributed by atoms with Crippen LogP contribution in [0.4, 0.5) is 0 Å². The molecule has 0 fully saturated rings. The fraction of sp³-hybridized carbons (Fsp3) is 0.846. The van der Waals surface area contributed by atoms with E-state index in [1.807, 2.05) is 10.9 Å². The normalized spacial score (nSPS) is 11.7. The molecule has 0 atom stereocenters. The van der Waals surface area contributed by atoms with Gasteiger partial charge in [0.05, 0.1) is 17.4 Å². The molecule has 1 rings (SSSR count). The molecule has 0 radical (unpaired) electrons. The lowest BCUT2D eigenvalue weighted by molar-refractivity contribution is 0.258. The summed E-state index contributed by atoms with van der Waals surface area (Å²) < 4.78 is 1.88. The Hall–Kier alpha value is -1.63. The Morgan fingerprint density at radius 2 is 2.10 bits per heavy atom. The van der Waals surface area contributed by atoms with Gasteiger partial charge >= 0.3 is 0 Å². The van der Waals surface area contributed by atoms with Gasteiger partial charge in [-0.1, -0.05) is 10.3 Å². The van der Waals surface area contributed by atoms with Gasteiger partial charge in [0, 0.05) is 18.0 Å². The largest absolute Gasteiger partial charge is 0.330 e. The second-order valence-electron chi connectivity index (χ2n) is 6.05. The average Bonchev–Trinajstić information content (AvgIpc) is 2.89. The zero-order valence-corrected chi connectivity index (χ0v) is 13.2. The summed E-state index contributed by atoms with van der Waals surface area (Å²) in [5, 5.41) is 12.0. The Morgan fingerprint density at radius 3 is 2.67 bits per heavy atom. The van der Waals surface area contributed by atoms with Crippen LogP contribution in [0, 0.1) is 0 Å². The van der Waals surface area contributed by atoms with E-state index in [9.17, 15) is 0 Å². The molecule has 8 heteroatoms. The Bertz CT molecular complexity index is 455. The molecule has 0 amide bonds. The van der Waals surface area contributed by atoms with Crippen LogP contribution >= 0.6 is 0 Å². The van der Waals surface area contributed by atoms with Crippen LogP contribution in [0.5, 0.6) is 0 Å². The van der Waals surface area contributed by atoms with Gasteiger partial charge in [0.15, 0.2) is 0 Å². The van der Waals surface area contributed by atoms with Crippen LogP contribution in [0.2, 0.25) is 0 Å². The molecule has 21 heavy (non-hydrogen) atoms. The van der Waals surface area contributed by atoms with Crippen LogP contribution < -0.4 is 5.73 Å². The molecule has 0 saturated heterocycles. The van der Waals surface area contributed by atoms with E-state index in [1.54, 1.807) is 0 Å². The second kappa shape index (κ2) is 8.61. The maximum atomic E-state index is 8.29. The highest BCUT2D eigenvalue weighted by molar-refractivity contribution is 4.94. The van der Waals surface area contributed by atoms with Crippen molar-refractivity contribution < 1.29 is 0 Å². The first-order chi connectivity index (χ1) is 9.97.